The van der Waals surface area contributed by atoms with Crippen molar-refractivity contribution in [2.45, 2.75) is 129 Å². The summed E-state index contributed by atoms with van der Waals surface area (Å²) in [6.07, 6.45) is -0.378. The van der Waals surface area contributed by atoms with Crippen molar-refractivity contribution in [2.24, 2.45) is 0 Å². The quantitative estimate of drug-likeness (QED) is 0.0233. The number of hydrogen-bond acceptors (Lipinski definition) is 18. The molecule has 0 radical (unpaired) electrons. The lowest BCUT2D eigenvalue weighted by atomic mass is 9.94. The smallest absolute Gasteiger partial charge is 0.310 e. The summed E-state index contributed by atoms with van der Waals surface area (Å²) < 4.78 is 40.5. The first-order chi connectivity index (χ1) is 36.2. The standard InChI is InChI=1S/C53H75N5O17Si/c1-68-45(60)16-12-30-34(22-49(64)72-5)42(27-40-32(14-18-47(62)70-3)36(24-51(66)74-7)44(29-59)57-40)55-38(30)26-41-35(23-50(65)73-6)31(13-17-46(61)69-2)39(56-41)28-43-37(25-52(67)75-8)33(15-19-48(63)71-4)53(58-43)54-20-21-76(9,10)11/h54-59H,12-29H2,1-11H3. The molecule has 0 amide bonds. The van der Waals surface area contributed by atoms with Gasteiger partial charge in [-0.15, -0.1) is 0 Å². The molecule has 0 fully saturated rings. The van der Waals surface area contributed by atoms with Crippen molar-refractivity contribution in [3.8, 4) is 0 Å². The largest absolute Gasteiger partial charge is 0.469 e. The molecular weight excluding hydrogens is 1010 g/mol. The summed E-state index contributed by atoms with van der Waals surface area (Å²) in [6, 6.07) is 0.920. The molecule has 0 spiro atoms. The molecular formula is C53H75N5O17Si. The Balaban J connectivity index is 2.06. The highest BCUT2D eigenvalue weighted by atomic mass is 28.3. The second-order valence-electron chi connectivity index (χ2n) is 19.3. The molecule has 0 aliphatic heterocycles. The maximum atomic E-state index is 13.4. The van der Waals surface area contributed by atoms with E-state index in [-0.39, 0.29) is 96.3 Å². The fraction of sp³-hybridized carbons (Fsp3) is 0.547. The maximum Gasteiger partial charge on any atom is 0.310 e. The molecule has 418 valence electrons. The van der Waals surface area contributed by atoms with E-state index in [4.69, 9.17) is 37.9 Å². The van der Waals surface area contributed by atoms with Gasteiger partial charge in [-0.1, -0.05) is 19.6 Å². The molecule has 4 aromatic rings. The first-order valence-corrected chi connectivity index (χ1v) is 28.6. The lowest BCUT2D eigenvalue weighted by molar-refractivity contribution is -0.141. The summed E-state index contributed by atoms with van der Waals surface area (Å²) in [6.45, 7) is 6.88. The zero-order valence-corrected chi connectivity index (χ0v) is 46.7. The van der Waals surface area contributed by atoms with Gasteiger partial charge < -0.3 is 68.3 Å². The number of methoxy groups -OCH3 is 8. The molecule has 4 aromatic heterocycles. The molecule has 0 aromatic carbocycles. The van der Waals surface area contributed by atoms with Crippen LogP contribution >= 0.6 is 0 Å². The van der Waals surface area contributed by atoms with Crippen LogP contribution in [0.3, 0.4) is 0 Å². The van der Waals surface area contributed by atoms with Crippen LogP contribution in [0.15, 0.2) is 0 Å². The van der Waals surface area contributed by atoms with Crippen LogP contribution in [0.25, 0.3) is 0 Å². The SMILES string of the molecule is COC(=O)CCc1c(Cc2[nH]c(Cc3[nH]c(Cc4[nH]c(NCC[Si](C)(C)C)c(CCC(=O)OC)c4CC(=O)OC)c(CCC(=O)OC)c3CC(=O)OC)c(CCC(=O)OC)c2CC(=O)OC)[nH]c(CO)c1CC(=O)OC. The molecule has 0 aliphatic rings. The molecule has 0 aliphatic carbocycles. The van der Waals surface area contributed by atoms with E-state index in [9.17, 15) is 43.5 Å². The van der Waals surface area contributed by atoms with Crippen molar-refractivity contribution in [3.05, 3.63) is 84.4 Å². The van der Waals surface area contributed by atoms with E-state index in [1.807, 2.05) is 0 Å². The van der Waals surface area contributed by atoms with Gasteiger partial charge in [-0.05, 0) is 76.2 Å². The molecule has 4 rings (SSSR count). The third-order valence-electron chi connectivity index (χ3n) is 13.3. The minimum absolute atomic E-state index is 0.0231. The van der Waals surface area contributed by atoms with E-state index in [1.165, 1.54) is 56.9 Å². The molecule has 0 saturated carbocycles. The third kappa shape index (κ3) is 17.2. The maximum absolute atomic E-state index is 13.4. The van der Waals surface area contributed by atoms with Gasteiger partial charge in [-0.25, -0.2) is 0 Å². The Morgan fingerprint density at radius 2 is 0.645 bits per heavy atom. The predicted octanol–water partition coefficient (Wildman–Crippen LogP) is 4.30. The first-order valence-electron chi connectivity index (χ1n) is 24.9. The van der Waals surface area contributed by atoms with Gasteiger partial charge in [0.2, 0.25) is 0 Å². The Morgan fingerprint density at radius 1 is 0.382 bits per heavy atom. The van der Waals surface area contributed by atoms with Crippen LogP contribution in [0.5, 0.6) is 0 Å². The van der Waals surface area contributed by atoms with Crippen molar-refractivity contribution < 1.29 is 81.4 Å². The molecule has 0 bridgehead atoms. The summed E-state index contributed by atoms with van der Waals surface area (Å²) in [5.74, 6) is -3.66. The van der Waals surface area contributed by atoms with E-state index in [2.05, 4.69) is 44.9 Å². The Morgan fingerprint density at radius 3 is 0.947 bits per heavy atom. The fourth-order valence-electron chi connectivity index (χ4n) is 9.23. The zero-order valence-electron chi connectivity index (χ0n) is 45.7. The van der Waals surface area contributed by atoms with Gasteiger partial charge in [0.25, 0.3) is 0 Å². The average molecular weight is 1080 g/mol. The van der Waals surface area contributed by atoms with Gasteiger partial charge >= 0.3 is 47.8 Å². The lowest BCUT2D eigenvalue weighted by Gasteiger charge is -2.16. The second-order valence-corrected chi connectivity index (χ2v) is 24.9. The van der Waals surface area contributed by atoms with Gasteiger partial charge in [0.1, 0.15) is 5.82 Å². The average Bonchev–Trinajstić information content (AvgIpc) is 4.11. The summed E-state index contributed by atoms with van der Waals surface area (Å²) in [5.41, 5.74) is 7.99. The molecule has 0 unspecified atom stereocenters. The molecule has 76 heavy (non-hydrogen) atoms. The lowest BCUT2D eigenvalue weighted by Crippen LogP contribution is -2.23. The van der Waals surface area contributed by atoms with Gasteiger partial charge in [0.15, 0.2) is 0 Å². The van der Waals surface area contributed by atoms with Crippen LogP contribution < -0.4 is 5.32 Å². The van der Waals surface area contributed by atoms with E-state index < -0.39 is 62.4 Å². The van der Waals surface area contributed by atoms with E-state index in [0.29, 0.717) is 96.7 Å². The summed E-state index contributed by atoms with van der Waals surface area (Å²) in [4.78, 5) is 117. The number of aliphatic hydroxyl groups excluding tert-OH is 1. The molecule has 6 N–H and O–H groups in total. The molecule has 23 heteroatoms. The Labute approximate surface area is 443 Å². The monoisotopic (exact) mass is 1080 g/mol. The minimum Gasteiger partial charge on any atom is -0.469 e. The fourth-order valence-corrected chi connectivity index (χ4v) is 10.1. The number of anilines is 1. The van der Waals surface area contributed by atoms with E-state index in [0.717, 1.165) is 6.04 Å². The van der Waals surface area contributed by atoms with Crippen molar-refractivity contribution in [1.82, 2.24) is 19.9 Å². The minimum atomic E-state index is -1.52. The number of aliphatic hydroxyl groups is 1. The normalized spacial score (nSPS) is 11.2. The number of ether oxygens (including phenoxy) is 8. The van der Waals surface area contributed by atoms with Crippen molar-refractivity contribution in [3.63, 3.8) is 0 Å². The molecule has 4 heterocycles. The first kappa shape index (κ1) is 61.4. The van der Waals surface area contributed by atoms with Crippen LogP contribution in [0.4, 0.5) is 5.82 Å². The molecule has 0 atom stereocenters. The number of aromatic nitrogens is 4. The Hall–Kier alpha value is -7.14. The highest BCUT2D eigenvalue weighted by Gasteiger charge is 2.30. The van der Waals surface area contributed by atoms with Crippen LogP contribution in [-0.2, 0) is 153 Å². The molecule has 0 saturated heterocycles. The number of aromatic amines is 4. The van der Waals surface area contributed by atoms with E-state index in [1.54, 1.807) is 0 Å². The van der Waals surface area contributed by atoms with Crippen LogP contribution in [0.1, 0.15) is 110 Å². The summed E-state index contributed by atoms with van der Waals surface area (Å²) >= 11 is 0. The van der Waals surface area contributed by atoms with Gasteiger partial charge in [-0.2, -0.15) is 0 Å². The number of carbonyl (C=O) groups excluding carboxylic acids is 8. The summed E-state index contributed by atoms with van der Waals surface area (Å²) in [5, 5.41) is 14.0. The Bertz CT molecular complexity index is 2700. The topological polar surface area (TPSA) is 306 Å². The number of esters is 8. The predicted molar refractivity (Wildman–Crippen MR) is 278 cm³/mol. The van der Waals surface area contributed by atoms with E-state index >= 15 is 0 Å². The van der Waals surface area contributed by atoms with Gasteiger partial charge in [-0.3, -0.25) is 38.4 Å². The highest BCUT2D eigenvalue weighted by molar-refractivity contribution is 6.76. The third-order valence-corrected chi connectivity index (χ3v) is 15.1. The number of nitrogens with one attached hydrogen (secondary N) is 5. The van der Waals surface area contributed by atoms with Gasteiger partial charge in [0.05, 0.1) is 89.2 Å². The van der Waals surface area contributed by atoms with Crippen molar-refractivity contribution >= 4 is 61.6 Å². The number of hydrogen-bond donors (Lipinski definition) is 6. The van der Waals surface area contributed by atoms with Crippen LogP contribution in [0, 0.1) is 0 Å². The zero-order chi connectivity index (χ0) is 56.3. The number of H-pyrrole nitrogens is 4. The van der Waals surface area contributed by atoms with Gasteiger partial charge in [0, 0.05) is 99.4 Å². The number of carbonyl (C=O) groups is 8. The second kappa shape index (κ2) is 29.2. The highest BCUT2D eigenvalue weighted by Crippen LogP contribution is 2.35. The van der Waals surface area contributed by atoms with Crippen molar-refractivity contribution in [2.75, 3.05) is 68.7 Å². The summed E-state index contributed by atoms with van der Waals surface area (Å²) in [7, 11) is 8.61. The molecule has 22 nitrogen and oxygen atoms in total. The van der Waals surface area contributed by atoms with Crippen LogP contribution in [-0.4, -0.2) is 144 Å². The van der Waals surface area contributed by atoms with Crippen molar-refractivity contribution in [1.29, 1.82) is 0 Å². The Kier molecular flexibility index (Phi) is 23.6. The van der Waals surface area contributed by atoms with Crippen LogP contribution in [0.2, 0.25) is 25.7 Å². The number of rotatable bonds is 31.